The molecule has 0 radical (unpaired) electrons. The first kappa shape index (κ1) is 15.9. The summed E-state index contributed by atoms with van der Waals surface area (Å²) in [4.78, 5) is 13.6. The number of thioether (sulfide) groups is 1. The summed E-state index contributed by atoms with van der Waals surface area (Å²) >= 11 is 3.78. The van der Waals surface area contributed by atoms with E-state index in [2.05, 4.69) is 30.1 Å². The molecule has 0 amide bonds. The van der Waals surface area contributed by atoms with Gasteiger partial charge in [-0.05, 0) is 30.7 Å². The van der Waals surface area contributed by atoms with E-state index in [9.17, 15) is 4.79 Å². The number of methoxy groups -OCH3 is 1. The lowest BCUT2D eigenvalue weighted by Gasteiger charge is -2.19. The van der Waals surface area contributed by atoms with Gasteiger partial charge in [0.25, 0.3) is 0 Å². The summed E-state index contributed by atoms with van der Waals surface area (Å²) in [7, 11) is 1.43. The number of nitrogens with one attached hydrogen (secondary N) is 1. The molecule has 1 aromatic heterocycles. The molecule has 1 aliphatic rings. The van der Waals surface area contributed by atoms with Crippen molar-refractivity contribution in [2.24, 2.45) is 0 Å². The van der Waals surface area contributed by atoms with E-state index in [0.29, 0.717) is 12.5 Å². The van der Waals surface area contributed by atoms with E-state index in [1.807, 2.05) is 6.07 Å². The van der Waals surface area contributed by atoms with Crippen molar-refractivity contribution in [1.82, 2.24) is 5.32 Å². The van der Waals surface area contributed by atoms with Crippen molar-refractivity contribution in [2.45, 2.75) is 50.4 Å². The standard InChI is InChI=1S/C15H23NO2S2/c1-3-19-14-6-4-5-13(14)16-10-12-8-7-11(20-12)9-15(17)18-2/h7-8,13-14,16H,3-6,9-10H2,1-2H3. The summed E-state index contributed by atoms with van der Waals surface area (Å²) in [6.45, 7) is 3.15. The van der Waals surface area contributed by atoms with Crippen LogP contribution in [-0.2, 0) is 22.5 Å². The van der Waals surface area contributed by atoms with Crippen LogP contribution >= 0.6 is 23.1 Å². The third-order valence-electron chi connectivity index (χ3n) is 3.64. The maximum absolute atomic E-state index is 11.2. The average Bonchev–Trinajstić information content (AvgIpc) is 3.06. The number of hydrogen-bond donors (Lipinski definition) is 1. The average molecular weight is 313 g/mol. The molecule has 0 bridgehead atoms. The number of rotatable bonds is 7. The van der Waals surface area contributed by atoms with Crippen LogP contribution in [0.3, 0.4) is 0 Å². The Balaban J connectivity index is 1.80. The quantitative estimate of drug-likeness (QED) is 0.784. The Morgan fingerprint density at radius 3 is 3.00 bits per heavy atom. The number of carbonyl (C=O) groups excluding carboxylic acids is 1. The topological polar surface area (TPSA) is 38.3 Å². The van der Waals surface area contributed by atoms with E-state index in [-0.39, 0.29) is 5.97 Å². The minimum atomic E-state index is -0.165. The van der Waals surface area contributed by atoms with Crippen LogP contribution in [-0.4, -0.2) is 30.1 Å². The van der Waals surface area contributed by atoms with Crippen molar-refractivity contribution in [3.63, 3.8) is 0 Å². The molecule has 1 fully saturated rings. The van der Waals surface area contributed by atoms with Gasteiger partial charge in [0, 0.05) is 27.6 Å². The van der Waals surface area contributed by atoms with Crippen molar-refractivity contribution < 1.29 is 9.53 Å². The predicted molar refractivity (Wildman–Crippen MR) is 86.4 cm³/mol. The Kier molecular flexibility index (Phi) is 6.39. The summed E-state index contributed by atoms with van der Waals surface area (Å²) in [6, 6.07) is 4.80. The van der Waals surface area contributed by atoms with Gasteiger partial charge in [-0.3, -0.25) is 4.79 Å². The van der Waals surface area contributed by atoms with Crippen molar-refractivity contribution in [2.75, 3.05) is 12.9 Å². The van der Waals surface area contributed by atoms with E-state index in [1.165, 1.54) is 37.0 Å². The zero-order chi connectivity index (χ0) is 14.4. The molecule has 1 aliphatic carbocycles. The Hall–Kier alpha value is -0.520. The molecule has 0 spiro atoms. The van der Waals surface area contributed by atoms with Crippen molar-refractivity contribution in [3.8, 4) is 0 Å². The van der Waals surface area contributed by atoms with Gasteiger partial charge < -0.3 is 10.1 Å². The van der Waals surface area contributed by atoms with Crippen LogP contribution in [0.1, 0.15) is 35.9 Å². The lowest BCUT2D eigenvalue weighted by atomic mass is 10.2. The second-order valence-electron chi connectivity index (χ2n) is 5.03. The first-order valence-electron chi connectivity index (χ1n) is 7.22. The molecule has 0 aliphatic heterocycles. The highest BCUT2D eigenvalue weighted by atomic mass is 32.2. The Bertz CT molecular complexity index is 433. The minimum Gasteiger partial charge on any atom is -0.469 e. The number of hydrogen-bond acceptors (Lipinski definition) is 5. The zero-order valence-corrected chi connectivity index (χ0v) is 13.8. The van der Waals surface area contributed by atoms with Gasteiger partial charge >= 0.3 is 5.97 Å². The Labute approximate surface area is 129 Å². The minimum absolute atomic E-state index is 0.165. The molecule has 3 nitrogen and oxygen atoms in total. The van der Waals surface area contributed by atoms with E-state index < -0.39 is 0 Å². The van der Waals surface area contributed by atoms with Crippen LogP contribution in [0, 0.1) is 0 Å². The smallest absolute Gasteiger partial charge is 0.310 e. The third kappa shape index (κ3) is 4.50. The zero-order valence-electron chi connectivity index (χ0n) is 12.2. The fraction of sp³-hybridized carbons (Fsp3) is 0.667. The molecule has 20 heavy (non-hydrogen) atoms. The van der Waals surface area contributed by atoms with E-state index in [0.717, 1.165) is 16.7 Å². The van der Waals surface area contributed by atoms with Gasteiger partial charge in [-0.15, -0.1) is 11.3 Å². The van der Waals surface area contributed by atoms with Gasteiger partial charge in [-0.25, -0.2) is 0 Å². The highest BCUT2D eigenvalue weighted by Crippen LogP contribution is 2.30. The molecule has 112 valence electrons. The van der Waals surface area contributed by atoms with Crippen molar-refractivity contribution in [3.05, 3.63) is 21.9 Å². The van der Waals surface area contributed by atoms with Crippen LogP contribution in [0.2, 0.25) is 0 Å². The van der Waals surface area contributed by atoms with Crippen molar-refractivity contribution >= 4 is 29.1 Å². The van der Waals surface area contributed by atoms with E-state index in [1.54, 1.807) is 11.3 Å². The second-order valence-corrected chi connectivity index (χ2v) is 7.80. The highest BCUT2D eigenvalue weighted by Gasteiger charge is 2.26. The largest absolute Gasteiger partial charge is 0.469 e. The molecule has 5 heteroatoms. The van der Waals surface area contributed by atoms with Gasteiger partial charge in [-0.1, -0.05) is 13.3 Å². The van der Waals surface area contributed by atoms with Crippen LogP contribution in [0.15, 0.2) is 12.1 Å². The summed E-state index contributed by atoms with van der Waals surface area (Å²) in [5, 5.41) is 4.46. The lowest BCUT2D eigenvalue weighted by Crippen LogP contribution is -2.33. The summed E-state index contributed by atoms with van der Waals surface area (Å²) in [5.41, 5.74) is 0. The normalized spacial score (nSPS) is 22.1. The van der Waals surface area contributed by atoms with Gasteiger partial charge in [0.05, 0.1) is 13.5 Å². The van der Waals surface area contributed by atoms with E-state index in [4.69, 9.17) is 4.74 Å². The van der Waals surface area contributed by atoms with Gasteiger partial charge in [-0.2, -0.15) is 11.8 Å². The molecular formula is C15H23NO2S2. The first-order chi connectivity index (χ1) is 9.72. The van der Waals surface area contributed by atoms with E-state index >= 15 is 0 Å². The van der Waals surface area contributed by atoms with Crippen LogP contribution < -0.4 is 5.32 Å². The summed E-state index contributed by atoms with van der Waals surface area (Å²) < 4.78 is 4.69. The Morgan fingerprint density at radius 1 is 1.45 bits per heavy atom. The first-order valence-corrected chi connectivity index (χ1v) is 9.08. The molecule has 1 N–H and O–H groups in total. The molecule has 0 aromatic carbocycles. The second kappa shape index (κ2) is 8.05. The van der Waals surface area contributed by atoms with Crippen LogP contribution in [0.25, 0.3) is 0 Å². The lowest BCUT2D eigenvalue weighted by molar-refractivity contribution is -0.139. The summed E-state index contributed by atoms with van der Waals surface area (Å²) in [6.07, 6.45) is 4.36. The SMILES string of the molecule is CCSC1CCCC1NCc1ccc(CC(=O)OC)s1. The molecular weight excluding hydrogens is 290 g/mol. The fourth-order valence-corrected chi connectivity index (χ4v) is 4.81. The van der Waals surface area contributed by atoms with Gasteiger partial charge in [0.2, 0.25) is 0 Å². The molecule has 2 rings (SSSR count). The Morgan fingerprint density at radius 2 is 2.25 bits per heavy atom. The number of ether oxygens (including phenoxy) is 1. The van der Waals surface area contributed by atoms with Crippen LogP contribution in [0.5, 0.6) is 0 Å². The number of carbonyl (C=O) groups is 1. The molecule has 1 aromatic rings. The molecule has 2 atom stereocenters. The van der Waals surface area contributed by atoms with Crippen LogP contribution in [0.4, 0.5) is 0 Å². The van der Waals surface area contributed by atoms with Gasteiger partial charge in [0.1, 0.15) is 0 Å². The fourth-order valence-electron chi connectivity index (χ4n) is 2.63. The molecule has 1 saturated carbocycles. The number of thiophene rings is 1. The number of esters is 1. The maximum Gasteiger partial charge on any atom is 0.310 e. The third-order valence-corrected chi connectivity index (χ3v) is 6.05. The predicted octanol–water partition coefficient (Wildman–Crippen LogP) is 3.23. The maximum atomic E-state index is 11.2. The van der Waals surface area contributed by atoms with Gasteiger partial charge in [0.15, 0.2) is 0 Å². The summed E-state index contributed by atoms with van der Waals surface area (Å²) in [5.74, 6) is 1.03. The highest BCUT2D eigenvalue weighted by molar-refractivity contribution is 7.99. The monoisotopic (exact) mass is 313 g/mol. The van der Waals surface area contributed by atoms with Crippen molar-refractivity contribution in [1.29, 1.82) is 0 Å². The molecule has 1 heterocycles. The molecule has 0 saturated heterocycles. The molecule has 2 unspecified atom stereocenters.